The van der Waals surface area contributed by atoms with Gasteiger partial charge in [-0.1, -0.05) is 77.0 Å². The normalized spacial score (nSPS) is 23.6. The number of nitrogens with one attached hydrogen (secondary N) is 1. The van der Waals surface area contributed by atoms with Crippen LogP contribution in [-0.2, 0) is 9.53 Å². The molecule has 164 valence electrons. The van der Waals surface area contributed by atoms with Crippen LogP contribution in [0.5, 0.6) is 0 Å². The average Bonchev–Trinajstić information content (AvgIpc) is 2.66. The lowest BCUT2D eigenvalue weighted by Crippen LogP contribution is -2.40. The summed E-state index contributed by atoms with van der Waals surface area (Å²) in [5.74, 6) is 4.13. The van der Waals surface area contributed by atoms with Gasteiger partial charge in [-0.3, -0.25) is 4.79 Å². The molecular weight excluding hydrogens is 386 g/mol. The number of anilines is 1. The highest BCUT2D eigenvalue weighted by Gasteiger charge is 2.36. The van der Waals surface area contributed by atoms with E-state index in [-0.39, 0.29) is 18.1 Å². The first-order valence-corrected chi connectivity index (χ1v) is 14.8. The summed E-state index contributed by atoms with van der Waals surface area (Å²) in [6.07, 6.45) is 4.94. The molecular formula is C26H39NO2Si. The molecule has 1 aliphatic carbocycles. The topological polar surface area (TPSA) is 38.3 Å². The standard InChI is InChI=1S/C26H39NO2Si/c1-8-22(26(28)29-25-18-20(4)14-15-23(25)19(2)3)24(16-17-30(5,6)7)27-21-12-10-9-11-13-21/h8-13,19-20,22-25,27H,1,14-15,18H2,2-7H3/t20-,22+,23+,24+,25-/m0/s1. The first-order valence-electron chi connectivity index (χ1n) is 11.3. The summed E-state index contributed by atoms with van der Waals surface area (Å²) in [5, 5.41) is 3.44. The molecule has 1 N–H and O–H groups in total. The number of hydrogen-bond acceptors (Lipinski definition) is 3. The van der Waals surface area contributed by atoms with Gasteiger partial charge in [0, 0.05) is 5.69 Å². The fourth-order valence-corrected chi connectivity index (χ4v) is 4.66. The van der Waals surface area contributed by atoms with Crippen molar-refractivity contribution < 1.29 is 9.53 Å². The lowest BCUT2D eigenvalue weighted by Gasteiger charge is -2.37. The van der Waals surface area contributed by atoms with Gasteiger partial charge in [0.2, 0.25) is 0 Å². The van der Waals surface area contributed by atoms with E-state index in [0.29, 0.717) is 17.8 Å². The van der Waals surface area contributed by atoms with E-state index in [2.05, 4.69) is 63.8 Å². The Balaban J connectivity index is 2.24. The zero-order valence-corrected chi connectivity index (χ0v) is 20.6. The number of carbonyl (C=O) groups excluding carboxylic acids is 1. The Bertz CT molecular complexity index is 757. The molecule has 1 aromatic rings. The van der Waals surface area contributed by atoms with Crippen LogP contribution in [0, 0.1) is 35.1 Å². The van der Waals surface area contributed by atoms with Crippen molar-refractivity contribution in [1.82, 2.24) is 0 Å². The van der Waals surface area contributed by atoms with E-state index in [4.69, 9.17) is 4.74 Å². The predicted octanol–water partition coefficient (Wildman–Crippen LogP) is 6.15. The smallest absolute Gasteiger partial charge is 0.316 e. The summed E-state index contributed by atoms with van der Waals surface area (Å²) in [7, 11) is -1.60. The lowest BCUT2D eigenvalue weighted by atomic mass is 9.75. The van der Waals surface area contributed by atoms with Crippen molar-refractivity contribution in [3.63, 3.8) is 0 Å². The molecule has 0 aliphatic heterocycles. The Morgan fingerprint density at radius 3 is 2.47 bits per heavy atom. The molecule has 3 nitrogen and oxygen atoms in total. The minimum atomic E-state index is -1.60. The third-order valence-electron chi connectivity index (χ3n) is 5.81. The van der Waals surface area contributed by atoms with Crippen molar-refractivity contribution >= 4 is 19.7 Å². The largest absolute Gasteiger partial charge is 0.462 e. The van der Waals surface area contributed by atoms with Gasteiger partial charge in [-0.15, -0.1) is 12.1 Å². The molecule has 0 heterocycles. The van der Waals surface area contributed by atoms with Crippen LogP contribution in [0.2, 0.25) is 19.6 Å². The molecule has 0 radical (unpaired) electrons. The second-order valence-electron chi connectivity index (χ2n) is 10.1. The third kappa shape index (κ3) is 7.36. The van der Waals surface area contributed by atoms with Gasteiger partial charge in [-0.25, -0.2) is 0 Å². The number of ether oxygens (including phenoxy) is 1. The quantitative estimate of drug-likeness (QED) is 0.246. The molecule has 0 aromatic heterocycles. The maximum Gasteiger partial charge on any atom is 0.316 e. The average molecular weight is 426 g/mol. The fourth-order valence-electron chi connectivity index (χ4n) is 4.07. The van der Waals surface area contributed by atoms with Crippen LogP contribution < -0.4 is 5.32 Å². The molecule has 0 unspecified atom stereocenters. The van der Waals surface area contributed by atoms with Crippen molar-refractivity contribution in [2.75, 3.05) is 5.32 Å². The van der Waals surface area contributed by atoms with Gasteiger partial charge in [0.15, 0.2) is 0 Å². The van der Waals surface area contributed by atoms with Gasteiger partial charge in [-0.05, 0) is 42.7 Å². The van der Waals surface area contributed by atoms with Crippen LogP contribution in [0.15, 0.2) is 43.0 Å². The number of esters is 1. The Kier molecular flexibility index (Phi) is 8.79. The van der Waals surface area contributed by atoms with Crippen molar-refractivity contribution in [3.05, 3.63) is 43.0 Å². The maximum absolute atomic E-state index is 13.3. The zero-order valence-electron chi connectivity index (χ0n) is 19.6. The van der Waals surface area contributed by atoms with Crippen LogP contribution >= 0.6 is 0 Å². The second-order valence-corrected chi connectivity index (χ2v) is 14.8. The highest BCUT2D eigenvalue weighted by Crippen LogP contribution is 2.36. The summed E-state index contributed by atoms with van der Waals surface area (Å²) in [4.78, 5) is 13.3. The first kappa shape index (κ1) is 24.3. The lowest BCUT2D eigenvalue weighted by molar-refractivity contribution is -0.159. The Hall–Kier alpha value is -1.99. The van der Waals surface area contributed by atoms with E-state index in [9.17, 15) is 4.79 Å². The molecule has 1 aromatic carbocycles. The molecule has 0 saturated heterocycles. The molecule has 1 fully saturated rings. The van der Waals surface area contributed by atoms with Crippen molar-refractivity contribution in [3.8, 4) is 11.5 Å². The monoisotopic (exact) mass is 425 g/mol. The summed E-state index contributed by atoms with van der Waals surface area (Å²) in [5.41, 5.74) is 4.36. The Labute approximate surface area is 184 Å². The van der Waals surface area contributed by atoms with Crippen molar-refractivity contribution in [2.45, 2.75) is 71.8 Å². The van der Waals surface area contributed by atoms with Gasteiger partial charge >= 0.3 is 5.97 Å². The molecule has 4 heteroatoms. The van der Waals surface area contributed by atoms with E-state index in [1.165, 1.54) is 6.42 Å². The highest BCUT2D eigenvalue weighted by atomic mass is 28.3. The fraction of sp³-hybridized carbons (Fsp3) is 0.577. The van der Waals surface area contributed by atoms with E-state index in [1.807, 2.05) is 30.3 Å². The van der Waals surface area contributed by atoms with Crippen LogP contribution in [0.3, 0.4) is 0 Å². The molecule has 1 saturated carbocycles. The van der Waals surface area contributed by atoms with Crippen molar-refractivity contribution in [2.24, 2.45) is 23.7 Å². The van der Waals surface area contributed by atoms with Gasteiger partial charge in [0.25, 0.3) is 0 Å². The van der Waals surface area contributed by atoms with Crippen LogP contribution in [0.25, 0.3) is 0 Å². The third-order valence-corrected chi connectivity index (χ3v) is 6.71. The number of para-hydroxylation sites is 1. The molecule has 30 heavy (non-hydrogen) atoms. The molecule has 0 bridgehead atoms. The summed E-state index contributed by atoms with van der Waals surface area (Å²) < 4.78 is 6.13. The second kappa shape index (κ2) is 10.9. The molecule has 2 rings (SSSR count). The minimum absolute atomic E-state index is 0.0222. The SMILES string of the molecule is C=C[C@@H](C(=O)O[C@H]1C[C@@H](C)CC[C@@H]1C(C)C)[C@@H](C#C[Si](C)(C)C)Nc1ccccc1. The van der Waals surface area contributed by atoms with Crippen LogP contribution in [-0.4, -0.2) is 26.2 Å². The Morgan fingerprint density at radius 2 is 1.90 bits per heavy atom. The Morgan fingerprint density at radius 1 is 1.23 bits per heavy atom. The molecule has 0 spiro atoms. The zero-order chi connectivity index (χ0) is 22.3. The van der Waals surface area contributed by atoms with E-state index in [0.717, 1.165) is 18.5 Å². The predicted molar refractivity (Wildman–Crippen MR) is 130 cm³/mol. The number of benzene rings is 1. The van der Waals surface area contributed by atoms with E-state index < -0.39 is 14.0 Å². The summed E-state index contributed by atoms with van der Waals surface area (Å²) in [6.45, 7) is 17.3. The van der Waals surface area contributed by atoms with Gasteiger partial charge in [-0.2, -0.15) is 0 Å². The van der Waals surface area contributed by atoms with Crippen molar-refractivity contribution in [1.29, 1.82) is 0 Å². The first-order chi connectivity index (χ1) is 14.1. The molecule has 0 amide bonds. The van der Waals surface area contributed by atoms with Crippen LogP contribution in [0.1, 0.15) is 40.0 Å². The maximum atomic E-state index is 13.3. The summed E-state index contributed by atoms with van der Waals surface area (Å²) in [6, 6.07) is 9.55. The summed E-state index contributed by atoms with van der Waals surface area (Å²) >= 11 is 0. The van der Waals surface area contributed by atoms with E-state index >= 15 is 0 Å². The highest BCUT2D eigenvalue weighted by molar-refractivity contribution is 6.83. The number of carbonyl (C=O) groups is 1. The minimum Gasteiger partial charge on any atom is -0.462 e. The van der Waals surface area contributed by atoms with Crippen LogP contribution in [0.4, 0.5) is 5.69 Å². The van der Waals surface area contributed by atoms with Gasteiger partial charge in [0.1, 0.15) is 26.1 Å². The molecule has 1 aliphatic rings. The van der Waals surface area contributed by atoms with Gasteiger partial charge < -0.3 is 10.1 Å². The molecule has 5 atom stereocenters. The van der Waals surface area contributed by atoms with Gasteiger partial charge in [0.05, 0.1) is 0 Å². The number of hydrogen-bond donors (Lipinski definition) is 1. The van der Waals surface area contributed by atoms with E-state index in [1.54, 1.807) is 6.08 Å². The number of rotatable bonds is 7.